The van der Waals surface area contributed by atoms with Crippen LogP contribution in [-0.4, -0.2) is 19.9 Å². The van der Waals surface area contributed by atoms with Crippen molar-refractivity contribution in [3.05, 3.63) is 32.8 Å². The van der Waals surface area contributed by atoms with E-state index in [0.717, 1.165) is 25.7 Å². The second-order valence-corrected chi connectivity index (χ2v) is 7.88. The smallest absolute Gasteiger partial charge is 0.258 e. The molecule has 0 atom stereocenters. The van der Waals surface area contributed by atoms with E-state index in [-0.39, 0.29) is 4.90 Å². The van der Waals surface area contributed by atoms with E-state index < -0.39 is 20.6 Å². The quantitative estimate of drug-likeness (QED) is 0.630. The van der Waals surface area contributed by atoms with Crippen molar-refractivity contribution in [1.29, 1.82) is 0 Å². The van der Waals surface area contributed by atoms with Crippen LogP contribution in [0.3, 0.4) is 0 Å². The third kappa shape index (κ3) is 4.24. The molecule has 0 spiro atoms. The molecule has 0 bridgehead atoms. The Bertz CT molecular complexity index is 627. The predicted octanol–water partition coefficient (Wildman–Crippen LogP) is 3.22. The highest BCUT2D eigenvalue weighted by Crippen LogP contribution is 2.28. The Morgan fingerprint density at radius 2 is 1.95 bits per heavy atom. The summed E-state index contributed by atoms with van der Waals surface area (Å²) in [7, 11) is -3.88. The molecule has 0 amide bonds. The zero-order valence-corrected chi connectivity index (χ0v) is 13.8. The summed E-state index contributed by atoms with van der Waals surface area (Å²) in [5, 5.41) is 11.0. The lowest BCUT2D eigenvalue weighted by molar-refractivity contribution is -0.387. The lowest BCUT2D eigenvalue weighted by atomic mass is 9.90. The van der Waals surface area contributed by atoms with Gasteiger partial charge < -0.3 is 0 Å². The second-order valence-electron chi connectivity index (χ2n) is 5.23. The summed E-state index contributed by atoms with van der Waals surface area (Å²) in [5.41, 5.74) is -0.408. The highest BCUT2D eigenvalue weighted by Gasteiger charge is 2.27. The lowest BCUT2D eigenvalue weighted by Crippen LogP contribution is -2.30. The number of hydrogen-bond acceptors (Lipinski definition) is 4. The van der Waals surface area contributed by atoms with Gasteiger partial charge in [-0.2, -0.15) is 0 Å². The lowest BCUT2D eigenvalue weighted by Gasteiger charge is -2.21. The van der Waals surface area contributed by atoms with Gasteiger partial charge in [0.05, 0.1) is 4.92 Å². The average Bonchev–Trinajstić information content (AvgIpc) is 2.46. The van der Waals surface area contributed by atoms with Crippen LogP contribution in [0.25, 0.3) is 0 Å². The monoisotopic (exact) mass is 376 g/mol. The minimum Gasteiger partial charge on any atom is -0.258 e. The van der Waals surface area contributed by atoms with Crippen LogP contribution in [-0.2, 0) is 10.0 Å². The molecule has 1 aromatic rings. The summed E-state index contributed by atoms with van der Waals surface area (Å²) in [6.45, 7) is 0.339. The van der Waals surface area contributed by atoms with Crippen molar-refractivity contribution in [1.82, 2.24) is 4.72 Å². The highest BCUT2D eigenvalue weighted by atomic mass is 79.9. The maximum atomic E-state index is 12.3. The Labute approximate surface area is 132 Å². The van der Waals surface area contributed by atoms with Crippen molar-refractivity contribution in [3.63, 3.8) is 0 Å². The van der Waals surface area contributed by atoms with Crippen molar-refractivity contribution in [3.8, 4) is 0 Å². The summed E-state index contributed by atoms with van der Waals surface area (Å²) in [6.07, 6.45) is 5.43. The highest BCUT2D eigenvalue weighted by molar-refractivity contribution is 9.10. The van der Waals surface area contributed by atoms with Crippen molar-refractivity contribution < 1.29 is 13.3 Å². The van der Waals surface area contributed by atoms with Crippen LogP contribution in [0.1, 0.15) is 32.1 Å². The van der Waals surface area contributed by atoms with Crippen molar-refractivity contribution in [2.24, 2.45) is 5.92 Å². The number of sulfonamides is 1. The predicted molar refractivity (Wildman–Crippen MR) is 82.6 cm³/mol. The first-order valence-corrected chi connectivity index (χ1v) is 9.11. The van der Waals surface area contributed by atoms with E-state index in [1.54, 1.807) is 0 Å². The first-order valence-electron chi connectivity index (χ1n) is 6.84. The standard InChI is InChI=1S/C13H17BrN2O4S/c14-11-6-7-12(16(17)18)13(8-11)21(19,20)15-9-10-4-2-1-3-5-10/h6-8,10,15H,1-5,9H2. The van der Waals surface area contributed by atoms with Crippen molar-refractivity contribution >= 4 is 31.6 Å². The van der Waals surface area contributed by atoms with Crippen LogP contribution < -0.4 is 4.72 Å². The first-order chi connectivity index (χ1) is 9.90. The van der Waals surface area contributed by atoms with Gasteiger partial charge in [-0.3, -0.25) is 10.1 Å². The van der Waals surface area contributed by atoms with Gasteiger partial charge in [0.15, 0.2) is 4.90 Å². The average molecular weight is 377 g/mol. The SMILES string of the molecule is O=[N+]([O-])c1ccc(Br)cc1S(=O)(=O)NCC1CCCCC1. The van der Waals surface area contributed by atoms with E-state index in [4.69, 9.17) is 0 Å². The van der Waals surface area contributed by atoms with E-state index in [9.17, 15) is 18.5 Å². The number of halogens is 1. The number of nitro groups is 1. The fraction of sp³-hybridized carbons (Fsp3) is 0.538. The van der Waals surface area contributed by atoms with Crippen LogP contribution >= 0.6 is 15.9 Å². The molecule has 116 valence electrons. The van der Waals surface area contributed by atoms with E-state index in [1.807, 2.05) is 0 Å². The van der Waals surface area contributed by atoms with Crippen molar-refractivity contribution in [2.75, 3.05) is 6.54 Å². The summed E-state index contributed by atoms with van der Waals surface area (Å²) < 4.78 is 27.6. The molecule has 1 aliphatic carbocycles. The fourth-order valence-electron chi connectivity index (χ4n) is 2.55. The molecule has 1 aromatic carbocycles. The Hall–Kier alpha value is -0.990. The maximum absolute atomic E-state index is 12.3. The molecule has 0 saturated heterocycles. The first kappa shape index (κ1) is 16.4. The van der Waals surface area contributed by atoms with Gasteiger partial charge in [-0.1, -0.05) is 35.2 Å². The third-order valence-electron chi connectivity index (χ3n) is 3.69. The van der Waals surface area contributed by atoms with Crippen LogP contribution in [0.15, 0.2) is 27.6 Å². The number of nitrogens with zero attached hydrogens (tertiary/aromatic N) is 1. The molecule has 1 saturated carbocycles. The summed E-state index contributed by atoms with van der Waals surface area (Å²) in [5.74, 6) is 0.319. The summed E-state index contributed by atoms with van der Waals surface area (Å²) in [6, 6.07) is 3.92. The fourth-order valence-corrected chi connectivity index (χ4v) is 4.37. The topological polar surface area (TPSA) is 89.3 Å². The number of hydrogen-bond donors (Lipinski definition) is 1. The van der Waals surface area contributed by atoms with Gasteiger partial charge in [0.1, 0.15) is 0 Å². The Morgan fingerprint density at radius 3 is 2.57 bits per heavy atom. The zero-order chi connectivity index (χ0) is 15.5. The van der Waals surface area contributed by atoms with Crippen LogP contribution in [0.2, 0.25) is 0 Å². The summed E-state index contributed by atoms with van der Waals surface area (Å²) >= 11 is 3.15. The van der Waals surface area contributed by atoms with Gasteiger partial charge in [-0.05, 0) is 30.9 Å². The number of benzene rings is 1. The molecule has 0 unspecified atom stereocenters. The molecular formula is C13H17BrN2O4S. The number of nitrogens with one attached hydrogen (secondary N) is 1. The molecule has 2 rings (SSSR count). The molecule has 8 heteroatoms. The van der Waals surface area contributed by atoms with E-state index in [1.165, 1.54) is 24.6 Å². The maximum Gasteiger partial charge on any atom is 0.289 e. The number of rotatable bonds is 5. The van der Waals surface area contributed by atoms with Crippen LogP contribution in [0, 0.1) is 16.0 Å². The van der Waals surface area contributed by atoms with Gasteiger partial charge in [-0.25, -0.2) is 13.1 Å². The molecule has 0 radical (unpaired) electrons. The summed E-state index contributed by atoms with van der Waals surface area (Å²) in [4.78, 5) is 10.0. The zero-order valence-electron chi connectivity index (χ0n) is 11.4. The minimum atomic E-state index is -3.88. The molecule has 6 nitrogen and oxygen atoms in total. The molecule has 0 aromatic heterocycles. The van der Waals surface area contributed by atoms with Crippen LogP contribution in [0.4, 0.5) is 5.69 Å². The Morgan fingerprint density at radius 1 is 1.29 bits per heavy atom. The largest absolute Gasteiger partial charge is 0.289 e. The molecule has 0 aliphatic heterocycles. The number of nitro benzene ring substituents is 1. The minimum absolute atomic E-state index is 0.294. The van der Waals surface area contributed by atoms with Crippen LogP contribution in [0.5, 0.6) is 0 Å². The van der Waals surface area contributed by atoms with Gasteiger partial charge in [0.2, 0.25) is 10.0 Å². The molecule has 0 heterocycles. The van der Waals surface area contributed by atoms with Gasteiger partial charge >= 0.3 is 0 Å². The molecule has 1 aliphatic rings. The normalized spacial score (nSPS) is 16.8. The Balaban J connectivity index is 2.18. The van der Waals surface area contributed by atoms with E-state index in [0.29, 0.717) is 16.9 Å². The van der Waals surface area contributed by atoms with Gasteiger partial charge in [0.25, 0.3) is 5.69 Å². The van der Waals surface area contributed by atoms with Gasteiger partial charge in [0, 0.05) is 17.1 Å². The molecule has 1 fully saturated rings. The molecule has 1 N–H and O–H groups in total. The Kier molecular flexibility index (Phi) is 5.34. The molecular weight excluding hydrogens is 360 g/mol. The molecule has 21 heavy (non-hydrogen) atoms. The third-order valence-corrected chi connectivity index (χ3v) is 5.64. The van der Waals surface area contributed by atoms with E-state index >= 15 is 0 Å². The van der Waals surface area contributed by atoms with Crippen molar-refractivity contribution in [2.45, 2.75) is 37.0 Å². The second kappa shape index (κ2) is 6.85. The van der Waals surface area contributed by atoms with Gasteiger partial charge in [-0.15, -0.1) is 0 Å². The van der Waals surface area contributed by atoms with E-state index in [2.05, 4.69) is 20.7 Å².